The first-order valence-corrected chi connectivity index (χ1v) is 16.4. The number of rotatable bonds is 4. The number of aryl methyl sites for hydroxylation is 1. The number of hydrogen-bond acceptors (Lipinski definition) is 5. The molecule has 1 aromatic heterocycles. The number of thioether (sulfide) groups is 1. The number of fused-ring (bicyclic) bond motifs is 2. The highest BCUT2D eigenvalue weighted by molar-refractivity contribution is 7.99. The van der Waals surface area contributed by atoms with Crippen LogP contribution in [0.2, 0.25) is 0 Å². The number of Topliss-reactive ketones (excluding diaryl/α,β-unsaturated/α-hetero) is 1. The first kappa shape index (κ1) is 27.5. The molecule has 5 nitrogen and oxygen atoms in total. The van der Waals surface area contributed by atoms with Crippen molar-refractivity contribution in [2.75, 3.05) is 11.5 Å². The van der Waals surface area contributed by atoms with Crippen LogP contribution in [0, 0.1) is 18.8 Å². The van der Waals surface area contributed by atoms with E-state index in [0.29, 0.717) is 17.7 Å². The van der Waals surface area contributed by atoms with Gasteiger partial charge >= 0.3 is 0 Å². The topological polar surface area (TPSA) is 66.5 Å². The van der Waals surface area contributed by atoms with Crippen molar-refractivity contribution in [1.29, 1.82) is 0 Å². The Bertz CT molecular complexity index is 1430. The average Bonchev–Trinajstić information content (AvgIpc) is 3.24. The van der Waals surface area contributed by atoms with E-state index in [4.69, 9.17) is 0 Å². The van der Waals surface area contributed by atoms with E-state index in [-0.39, 0.29) is 42.0 Å². The number of carbonyl (C=O) groups excluding carboxylic acids is 3. The summed E-state index contributed by atoms with van der Waals surface area (Å²) in [6, 6.07) is 8.28. The minimum Gasteiger partial charge on any atom is -0.349 e. The maximum atomic E-state index is 14.4. The molecular formula is C32H35FN2O3S2. The van der Waals surface area contributed by atoms with E-state index in [0.717, 1.165) is 65.0 Å². The number of benzene rings is 1. The highest BCUT2D eigenvalue weighted by Gasteiger charge is 2.44. The molecule has 210 valence electrons. The summed E-state index contributed by atoms with van der Waals surface area (Å²) in [6.45, 7) is 2.05. The van der Waals surface area contributed by atoms with E-state index in [1.165, 1.54) is 29.1 Å². The maximum absolute atomic E-state index is 14.4. The van der Waals surface area contributed by atoms with E-state index >= 15 is 0 Å². The molecule has 1 unspecified atom stereocenters. The molecule has 3 fully saturated rings. The largest absolute Gasteiger partial charge is 0.349 e. The van der Waals surface area contributed by atoms with Crippen molar-refractivity contribution in [3.63, 3.8) is 0 Å². The fraction of sp³-hybridized carbons (Fsp3) is 0.469. The second-order valence-electron chi connectivity index (χ2n) is 11.5. The Morgan fingerprint density at radius 2 is 1.80 bits per heavy atom. The van der Waals surface area contributed by atoms with Crippen LogP contribution in [-0.4, -0.2) is 46.1 Å². The van der Waals surface area contributed by atoms with Gasteiger partial charge in [-0.3, -0.25) is 14.4 Å². The van der Waals surface area contributed by atoms with Crippen molar-refractivity contribution in [3.05, 3.63) is 70.0 Å². The molecule has 4 aliphatic rings. The molecule has 1 atom stereocenters. The smallest absolute Gasteiger partial charge is 0.261 e. The molecule has 2 saturated heterocycles. The number of allylic oxidation sites excluding steroid dienone is 5. The summed E-state index contributed by atoms with van der Waals surface area (Å²) < 4.78 is 15.6. The predicted molar refractivity (Wildman–Crippen MR) is 160 cm³/mol. The van der Waals surface area contributed by atoms with Gasteiger partial charge in [0.1, 0.15) is 5.83 Å². The molecule has 1 N–H and O–H groups in total. The Balaban J connectivity index is 1.17. The number of carbonyl (C=O) groups is 3. The van der Waals surface area contributed by atoms with Crippen LogP contribution in [0.3, 0.4) is 0 Å². The van der Waals surface area contributed by atoms with Gasteiger partial charge < -0.3 is 10.2 Å². The minimum absolute atomic E-state index is 0.0234. The van der Waals surface area contributed by atoms with Crippen molar-refractivity contribution in [1.82, 2.24) is 10.2 Å². The third-order valence-electron chi connectivity index (χ3n) is 8.83. The van der Waals surface area contributed by atoms with Gasteiger partial charge in [-0.2, -0.15) is 11.8 Å². The Kier molecular flexibility index (Phi) is 8.00. The van der Waals surface area contributed by atoms with E-state index in [9.17, 15) is 18.8 Å². The van der Waals surface area contributed by atoms with Gasteiger partial charge in [-0.15, -0.1) is 11.3 Å². The van der Waals surface area contributed by atoms with Gasteiger partial charge in [0.05, 0.1) is 10.6 Å². The second kappa shape index (κ2) is 11.6. The van der Waals surface area contributed by atoms with Crippen molar-refractivity contribution in [2.45, 2.75) is 70.4 Å². The van der Waals surface area contributed by atoms with Gasteiger partial charge in [0.25, 0.3) is 5.91 Å². The Morgan fingerprint density at radius 3 is 2.58 bits per heavy atom. The Morgan fingerprint density at radius 1 is 1.02 bits per heavy atom. The molecule has 0 spiro atoms. The maximum Gasteiger partial charge on any atom is 0.261 e. The number of nitrogens with one attached hydrogen (secondary N) is 1. The molecule has 0 radical (unpaired) electrons. The minimum atomic E-state index is -0.412. The SMILES string of the molecule is Cc1ccc2sc(C(=O)NC3CCC(C4CC(=O)C5=CC(F)=CCC=C5N(C5CCSCC5)C4=O)CC3)cc2c1. The van der Waals surface area contributed by atoms with Crippen LogP contribution in [0.25, 0.3) is 10.1 Å². The lowest BCUT2D eigenvalue weighted by Gasteiger charge is -2.39. The quantitative estimate of drug-likeness (QED) is 0.430. The lowest BCUT2D eigenvalue weighted by molar-refractivity contribution is -0.138. The summed E-state index contributed by atoms with van der Waals surface area (Å²) in [5.41, 5.74) is 2.13. The van der Waals surface area contributed by atoms with Crippen molar-refractivity contribution >= 4 is 50.8 Å². The van der Waals surface area contributed by atoms with Crippen molar-refractivity contribution < 1.29 is 18.8 Å². The van der Waals surface area contributed by atoms with Crippen molar-refractivity contribution in [3.8, 4) is 0 Å². The number of hydrogen-bond donors (Lipinski definition) is 1. The summed E-state index contributed by atoms with van der Waals surface area (Å²) in [5, 5.41) is 4.31. The van der Waals surface area contributed by atoms with Crippen molar-refractivity contribution in [2.24, 2.45) is 11.8 Å². The summed E-state index contributed by atoms with van der Waals surface area (Å²) in [6.07, 6.45) is 10.0. The molecule has 6 rings (SSSR count). The lowest BCUT2D eigenvalue weighted by Crippen LogP contribution is -2.46. The Hall–Kier alpha value is -2.71. The van der Waals surface area contributed by atoms with E-state index in [1.54, 1.807) is 0 Å². The molecule has 2 aliphatic heterocycles. The molecule has 2 amide bonds. The molecule has 2 aromatic rings. The zero-order chi connectivity index (χ0) is 27.8. The molecule has 3 heterocycles. The van der Waals surface area contributed by atoms with Crippen LogP contribution in [0.5, 0.6) is 0 Å². The molecule has 1 aromatic carbocycles. The second-order valence-corrected chi connectivity index (χ2v) is 13.8. The predicted octanol–water partition coefficient (Wildman–Crippen LogP) is 6.88. The van der Waals surface area contributed by atoms with Crippen LogP contribution < -0.4 is 5.32 Å². The standard InChI is InChI=1S/C32H35FN2O3S2/c1-19-5-10-29-21(15-19)16-30(40-29)31(37)34-23-8-6-20(7-9-23)25-18-28(36)26-17-22(33)3-2-4-27(26)35(32(25)38)24-11-13-39-14-12-24/h3-5,10,15-17,20,23-25H,2,6-9,11-14,18H2,1H3,(H,34,37). The zero-order valence-corrected chi connectivity index (χ0v) is 24.4. The number of halogens is 1. The molecule has 40 heavy (non-hydrogen) atoms. The van der Waals surface area contributed by atoms with Gasteiger partial charge in [-0.05, 0) is 99.0 Å². The third kappa shape index (κ3) is 5.57. The summed E-state index contributed by atoms with van der Waals surface area (Å²) in [5.74, 6) is 1.05. The number of ketones is 1. The highest BCUT2D eigenvalue weighted by Crippen LogP contribution is 2.41. The molecule has 1 saturated carbocycles. The first-order chi connectivity index (χ1) is 19.4. The zero-order valence-electron chi connectivity index (χ0n) is 22.8. The fourth-order valence-corrected chi connectivity index (χ4v) is 8.72. The monoisotopic (exact) mass is 578 g/mol. The summed E-state index contributed by atoms with van der Waals surface area (Å²) >= 11 is 3.41. The molecule has 0 bridgehead atoms. The number of amides is 2. The molecule has 2 aliphatic carbocycles. The average molecular weight is 579 g/mol. The number of nitrogens with zero attached hydrogens (tertiary/aromatic N) is 1. The van der Waals surface area contributed by atoms with Crippen LogP contribution in [0.1, 0.15) is 66.6 Å². The van der Waals surface area contributed by atoms with Crippen LogP contribution in [-0.2, 0) is 9.59 Å². The lowest BCUT2D eigenvalue weighted by atomic mass is 9.75. The van der Waals surface area contributed by atoms with E-state index < -0.39 is 11.7 Å². The van der Waals surface area contributed by atoms with Gasteiger partial charge in [-0.25, -0.2) is 4.39 Å². The van der Waals surface area contributed by atoms with Crippen LogP contribution in [0.4, 0.5) is 4.39 Å². The number of likely N-dealkylation sites (tertiary alicyclic amines) is 1. The van der Waals surface area contributed by atoms with Crippen LogP contribution in [0.15, 0.2) is 59.6 Å². The highest BCUT2D eigenvalue weighted by atomic mass is 32.2. The van der Waals surface area contributed by atoms with E-state index in [1.807, 2.05) is 35.7 Å². The van der Waals surface area contributed by atoms with Gasteiger partial charge in [-0.1, -0.05) is 23.8 Å². The van der Waals surface area contributed by atoms with E-state index in [2.05, 4.69) is 23.5 Å². The summed E-state index contributed by atoms with van der Waals surface area (Å²) in [4.78, 5) is 43.4. The normalized spacial score (nSPS) is 26.4. The molecule has 8 heteroatoms. The molecular weight excluding hydrogens is 543 g/mol. The van der Waals surface area contributed by atoms with Gasteiger partial charge in [0, 0.05) is 34.7 Å². The van der Waals surface area contributed by atoms with Gasteiger partial charge in [0.15, 0.2) is 5.78 Å². The number of thiophene rings is 1. The fourth-order valence-electron chi connectivity index (χ4n) is 6.70. The first-order valence-electron chi connectivity index (χ1n) is 14.4. The third-order valence-corrected chi connectivity index (χ3v) is 11.0. The van der Waals surface area contributed by atoms with Crippen LogP contribution >= 0.6 is 23.1 Å². The Labute approximate surface area is 243 Å². The van der Waals surface area contributed by atoms with Gasteiger partial charge in [0.2, 0.25) is 5.91 Å². The summed E-state index contributed by atoms with van der Waals surface area (Å²) in [7, 11) is 0.